The van der Waals surface area contributed by atoms with Crippen molar-refractivity contribution in [2.24, 2.45) is 5.92 Å². The third-order valence-electron chi connectivity index (χ3n) is 2.73. The molecule has 19 heavy (non-hydrogen) atoms. The van der Waals surface area contributed by atoms with Gasteiger partial charge in [-0.15, -0.1) is 0 Å². The van der Waals surface area contributed by atoms with E-state index in [-0.39, 0.29) is 0 Å². The zero-order chi connectivity index (χ0) is 14.8. The molecule has 106 valence electrons. The van der Waals surface area contributed by atoms with Gasteiger partial charge < -0.3 is 9.84 Å². The molecule has 1 aromatic carbocycles. The van der Waals surface area contributed by atoms with Gasteiger partial charge in [-0.25, -0.2) is 0 Å². The summed E-state index contributed by atoms with van der Waals surface area (Å²) in [4.78, 5) is 12.0. The fourth-order valence-corrected chi connectivity index (χ4v) is 2.39. The number of aliphatic hydroxyl groups is 1. The Balaban J connectivity index is 2.87. The first-order valence-corrected chi connectivity index (χ1v) is 7.08. The Morgan fingerprint density at radius 1 is 1.37 bits per heavy atom. The Labute approximate surface area is 123 Å². The quantitative estimate of drug-likeness (QED) is 0.859. The lowest BCUT2D eigenvalue weighted by Gasteiger charge is -2.25. The first kappa shape index (κ1) is 16.2. The van der Waals surface area contributed by atoms with Gasteiger partial charge in [-0.05, 0) is 51.8 Å². The number of hydrogen-bond donors (Lipinski definition) is 1. The van der Waals surface area contributed by atoms with Gasteiger partial charge >= 0.3 is 5.97 Å². The summed E-state index contributed by atoms with van der Waals surface area (Å²) in [5, 5.41) is 10.3. The Bertz CT molecular complexity index is 463. The first-order valence-electron chi connectivity index (χ1n) is 6.29. The number of carbonyl (C=O) groups excluding carboxylic acids is 1. The van der Waals surface area contributed by atoms with Crippen LogP contribution in [-0.4, -0.2) is 16.7 Å². The van der Waals surface area contributed by atoms with E-state index in [0.717, 1.165) is 10.0 Å². The summed E-state index contributed by atoms with van der Waals surface area (Å²) in [7, 11) is 0. The largest absolute Gasteiger partial charge is 0.460 e. The Morgan fingerprint density at radius 2 is 1.95 bits per heavy atom. The molecule has 0 heterocycles. The van der Waals surface area contributed by atoms with Crippen molar-refractivity contribution in [2.75, 3.05) is 0 Å². The molecule has 3 nitrogen and oxygen atoms in total. The molecule has 1 N–H and O–H groups in total. The number of benzene rings is 1. The standard InChI is InChI=1S/C15H21BrO3/c1-9-6-7-11(12(16)8-9)13(17)10(2)14(18)19-15(3,4)5/h6-8,10,13,17H,1-5H3. The van der Waals surface area contributed by atoms with Crippen molar-refractivity contribution in [2.45, 2.75) is 46.3 Å². The molecule has 1 aromatic rings. The fraction of sp³-hybridized carbons (Fsp3) is 0.533. The van der Waals surface area contributed by atoms with E-state index in [1.54, 1.807) is 6.92 Å². The summed E-state index contributed by atoms with van der Waals surface area (Å²) in [6, 6.07) is 5.65. The van der Waals surface area contributed by atoms with E-state index < -0.39 is 23.6 Å². The predicted molar refractivity (Wildman–Crippen MR) is 78.8 cm³/mol. The van der Waals surface area contributed by atoms with E-state index in [2.05, 4.69) is 15.9 Å². The van der Waals surface area contributed by atoms with E-state index in [0.29, 0.717) is 5.56 Å². The molecule has 0 aromatic heterocycles. The van der Waals surface area contributed by atoms with Gasteiger partial charge in [0.1, 0.15) is 5.60 Å². The van der Waals surface area contributed by atoms with Crippen LogP contribution in [0.1, 0.15) is 44.9 Å². The maximum atomic E-state index is 12.0. The smallest absolute Gasteiger partial charge is 0.312 e. The van der Waals surface area contributed by atoms with Crippen LogP contribution in [0.15, 0.2) is 22.7 Å². The normalized spacial score (nSPS) is 14.9. The summed E-state index contributed by atoms with van der Waals surface area (Å²) in [5.74, 6) is -1.01. The van der Waals surface area contributed by atoms with Crippen LogP contribution < -0.4 is 0 Å². The molecule has 0 aliphatic carbocycles. The lowest BCUT2D eigenvalue weighted by atomic mass is 9.96. The van der Waals surface area contributed by atoms with Crippen LogP contribution in [0.3, 0.4) is 0 Å². The summed E-state index contributed by atoms with van der Waals surface area (Å²) in [6.45, 7) is 9.08. The van der Waals surface area contributed by atoms with Crippen LogP contribution in [0.25, 0.3) is 0 Å². The van der Waals surface area contributed by atoms with Crippen molar-refractivity contribution in [3.63, 3.8) is 0 Å². The maximum absolute atomic E-state index is 12.0. The topological polar surface area (TPSA) is 46.5 Å². The first-order chi connectivity index (χ1) is 8.61. The van der Waals surface area contributed by atoms with E-state index in [1.165, 1.54) is 0 Å². The van der Waals surface area contributed by atoms with Crippen molar-refractivity contribution in [3.8, 4) is 0 Å². The monoisotopic (exact) mass is 328 g/mol. The van der Waals surface area contributed by atoms with Crippen molar-refractivity contribution in [3.05, 3.63) is 33.8 Å². The molecule has 0 saturated heterocycles. The molecule has 1 rings (SSSR count). The molecule has 0 fully saturated rings. The second-order valence-electron chi connectivity index (χ2n) is 5.79. The third-order valence-corrected chi connectivity index (χ3v) is 3.41. The van der Waals surface area contributed by atoms with Crippen LogP contribution in [0.2, 0.25) is 0 Å². The number of aliphatic hydroxyl groups excluding tert-OH is 1. The van der Waals surface area contributed by atoms with Crippen LogP contribution in [0.5, 0.6) is 0 Å². The molecule has 2 atom stereocenters. The van der Waals surface area contributed by atoms with Crippen molar-refractivity contribution in [1.29, 1.82) is 0 Å². The van der Waals surface area contributed by atoms with Gasteiger partial charge in [0.25, 0.3) is 0 Å². The van der Waals surface area contributed by atoms with Crippen LogP contribution >= 0.6 is 15.9 Å². The zero-order valence-corrected chi connectivity index (χ0v) is 13.6. The van der Waals surface area contributed by atoms with Gasteiger partial charge in [0.2, 0.25) is 0 Å². The molecule has 0 aliphatic heterocycles. The number of esters is 1. The number of hydrogen-bond acceptors (Lipinski definition) is 3. The molecule has 2 unspecified atom stereocenters. The van der Waals surface area contributed by atoms with Gasteiger partial charge in [0, 0.05) is 4.47 Å². The number of rotatable bonds is 3. The lowest BCUT2D eigenvalue weighted by molar-refractivity contribution is -0.163. The van der Waals surface area contributed by atoms with E-state index in [9.17, 15) is 9.90 Å². The van der Waals surface area contributed by atoms with E-state index in [4.69, 9.17) is 4.74 Å². The SMILES string of the molecule is Cc1ccc(C(O)C(C)C(=O)OC(C)(C)C)c(Br)c1. The number of aryl methyl sites for hydroxylation is 1. The number of ether oxygens (including phenoxy) is 1. The van der Waals surface area contributed by atoms with Crippen molar-refractivity contribution in [1.82, 2.24) is 0 Å². The van der Waals surface area contributed by atoms with E-state index >= 15 is 0 Å². The highest BCUT2D eigenvalue weighted by atomic mass is 79.9. The van der Waals surface area contributed by atoms with Crippen LogP contribution in [0.4, 0.5) is 0 Å². The van der Waals surface area contributed by atoms with E-state index in [1.807, 2.05) is 45.9 Å². The lowest BCUT2D eigenvalue weighted by Crippen LogP contribution is -2.30. The molecule has 4 heteroatoms. The maximum Gasteiger partial charge on any atom is 0.312 e. The van der Waals surface area contributed by atoms with Gasteiger partial charge in [-0.1, -0.05) is 28.1 Å². The van der Waals surface area contributed by atoms with Gasteiger partial charge in [0.15, 0.2) is 0 Å². The second-order valence-corrected chi connectivity index (χ2v) is 6.65. The molecule has 0 aliphatic rings. The highest BCUT2D eigenvalue weighted by Gasteiger charge is 2.29. The summed E-state index contributed by atoms with van der Waals surface area (Å²) >= 11 is 3.41. The molecule has 0 radical (unpaired) electrons. The Kier molecular flexibility index (Phi) is 5.16. The minimum absolute atomic E-state index is 0.396. The summed E-state index contributed by atoms with van der Waals surface area (Å²) in [5.41, 5.74) is 1.24. The van der Waals surface area contributed by atoms with Crippen LogP contribution in [0, 0.1) is 12.8 Å². The molecule has 0 saturated carbocycles. The van der Waals surface area contributed by atoms with Gasteiger partial charge in [-0.2, -0.15) is 0 Å². The average molecular weight is 329 g/mol. The van der Waals surface area contributed by atoms with Gasteiger partial charge in [-0.3, -0.25) is 4.79 Å². The second kappa shape index (κ2) is 6.06. The fourth-order valence-electron chi connectivity index (χ4n) is 1.66. The third kappa shape index (κ3) is 4.62. The minimum atomic E-state index is -0.884. The summed E-state index contributed by atoms with van der Waals surface area (Å²) < 4.78 is 6.09. The van der Waals surface area contributed by atoms with Crippen molar-refractivity contribution < 1.29 is 14.6 Å². The number of halogens is 1. The molecule has 0 amide bonds. The molecule has 0 spiro atoms. The molecule has 0 bridgehead atoms. The Morgan fingerprint density at radius 3 is 2.42 bits per heavy atom. The zero-order valence-electron chi connectivity index (χ0n) is 12.0. The van der Waals surface area contributed by atoms with Crippen molar-refractivity contribution >= 4 is 21.9 Å². The molecular weight excluding hydrogens is 308 g/mol. The van der Waals surface area contributed by atoms with Gasteiger partial charge in [0.05, 0.1) is 12.0 Å². The Hall–Kier alpha value is -0.870. The average Bonchev–Trinajstić information content (AvgIpc) is 2.24. The highest BCUT2D eigenvalue weighted by Crippen LogP contribution is 2.30. The number of carbonyl (C=O) groups is 1. The predicted octanol–water partition coefficient (Wildman–Crippen LogP) is 3.77. The minimum Gasteiger partial charge on any atom is -0.460 e. The molecular formula is C15H21BrO3. The van der Waals surface area contributed by atoms with Crippen LogP contribution in [-0.2, 0) is 9.53 Å². The summed E-state index contributed by atoms with van der Waals surface area (Å²) in [6.07, 6.45) is -0.884. The highest BCUT2D eigenvalue weighted by molar-refractivity contribution is 9.10.